The predicted molar refractivity (Wildman–Crippen MR) is 33.6 cm³/mol. The normalized spacial score (nSPS) is 18.9. The van der Waals surface area contributed by atoms with Crippen LogP contribution in [0.5, 0.6) is 0 Å². The first-order chi connectivity index (χ1) is 3.12. The van der Waals surface area contributed by atoms with E-state index in [2.05, 4.69) is 15.9 Å². The van der Waals surface area contributed by atoms with E-state index in [-0.39, 0.29) is 0 Å². The quantitative estimate of drug-likeness (QED) is 0.557. The van der Waals surface area contributed by atoms with Crippen LogP contribution in [0.3, 0.4) is 0 Å². The van der Waals surface area contributed by atoms with Gasteiger partial charge in [0.15, 0.2) is 0 Å². The molecular weight excluding hydrogens is 159 g/mol. The summed E-state index contributed by atoms with van der Waals surface area (Å²) in [6.45, 7) is 3.42. The Bertz CT molecular complexity index is 46.0. The van der Waals surface area contributed by atoms with Crippen LogP contribution in [0.1, 0.15) is 20.3 Å². The molecular formula is C5H10BrF. The van der Waals surface area contributed by atoms with Crippen LogP contribution in [0, 0.1) is 0 Å². The van der Waals surface area contributed by atoms with Gasteiger partial charge in [-0.1, -0.05) is 22.9 Å². The molecule has 1 atom stereocenters. The van der Waals surface area contributed by atoms with Gasteiger partial charge in [-0.2, -0.15) is 0 Å². The van der Waals surface area contributed by atoms with E-state index >= 15 is 0 Å². The van der Waals surface area contributed by atoms with E-state index in [1.807, 2.05) is 6.92 Å². The molecule has 0 fully saturated rings. The fraction of sp³-hybridized carbons (Fsp3) is 1.00. The summed E-state index contributed by atoms with van der Waals surface area (Å²) in [5.74, 6) is 0. The first kappa shape index (κ1) is 7.41. The van der Waals surface area contributed by atoms with Crippen molar-refractivity contribution in [3.8, 4) is 0 Å². The summed E-state index contributed by atoms with van der Waals surface area (Å²) in [7, 11) is 0. The molecule has 0 N–H and O–H groups in total. The lowest BCUT2D eigenvalue weighted by Crippen LogP contribution is -2.17. The van der Waals surface area contributed by atoms with Gasteiger partial charge in [0.2, 0.25) is 0 Å². The van der Waals surface area contributed by atoms with E-state index in [9.17, 15) is 4.39 Å². The molecule has 44 valence electrons. The Morgan fingerprint density at radius 2 is 2.14 bits per heavy atom. The van der Waals surface area contributed by atoms with Gasteiger partial charge in [0.05, 0.1) is 0 Å². The molecule has 0 rings (SSSR count). The highest BCUT2D eigenvalue weighted by Gasteiger charge is 2.16. The lowest BCUT2D eigenvalue weighted by atomic mass is 10.1. The fourth-order valence-corrected chi connectivity index (χ4v) is 0.491. The lowest BCUT2D eigenvalue weighted by molar-refractivity contribution is 0.218. The maximum Gasteiger partial charge on any atom is 0.117 e. The second-order valence-corrected chi connectivity index (χ2v) is 2.46. The molecule has 2 heteroatoms. The third-order valence-electron chi connectivity index (χ3n) is 1.02. The Hall–Kier alpha value is 0.410. The number of rotatable bonds is 2. The highest BCUT2D eigenvalue weighted by Crippen LogP contribution is 2.16. The molecule has 7 heavy (non-hydrogen) atoms. The SMILES string of the molecule is CC[C@](C)(F)CBr. The van der Waals surface area contributed by atoms with Crippen molar-refractivity contribution in [2.45, 2.75) is 25.9 Å². The van der Waals surface area contributed by atoms with Crippen molar-refractivity contribution < 1.29 is 4.39 Å². The molecule has 0 heterocycles. The summed E-state index contributed by atoms with van der Waals surface area (Å²) in [6.07, 6.45) is 0.582. The minimum absolute atomic E-state index is 0.441. The molecule has 0 saturated heterocycles. The molecule has 0 aromatic rings. The third kappa shape index (κ3) is 3.03. The third-order valence-corrected chi connectivity index (χ3v) is 2.18. The summed E-state index contributed by atoms with van der Waals surface area (Å²) in [6, 6.07) is 0. The van der Waals surface area contributed by atoms with Gasteiger partial charge in [0, 0.05) is 5.33 Å². The van der Waals surface area contributed by atoms with E-state index in [4.69, 9.17) is 0 Å². The molecule has 0 aliphatic carbocycles. The first-order valence-corrected chi connectivity index (χ1v) is 3.49. The van der Waals surface area contributed by atoms with Gasteiger partial charge < -0.3 is 0 Å². The van der Waals surface area contributed by atoms with Gasteiger partial charge >= 0.3 is 0 Å². The average Bonchev–Trinajstić information content (AvgIpc) is 1.68. The zero-order valence-electron chi connectivity index (χ0n) is 4.67. The van der Waals surface area contributed by atoms with Crippen LogP contribution >= 0.6 is 15.9 Å². The molecule has 0 aromatic carbocycles. The molecule has 0 radical (unpaired) electrons. The van der Waals surface area contributed by atoms with Gasteiger partial charge in [-0.25, -0.2) is 4.39 Å². The van der Waals surface area contributed by atoms with Gasteiger partial charge in [-0.15, -0.1) is 0 Å². The Morgan fingerprint density at radius 1 is 1.71 bits per heavy atom. The molecule has 0 saturated carbocycles. The zero-order chi connectivity index (χ0) is 5.91. The zero-order valence-corrected chi connectivity index (χ0v) is 6.26. The minimum atomic E-state index is -1.00. The van der Waals surface area contributed by atoms with Crippen LogP contribution in [0.4, 0.5) is 4.39 Å². The van der Waals surface area contributed by atoms with Crippen LogP contribution in [0.25, 0.3) is 0 Å². The largest absolute Gasteiger partial charge is 0.243 e. The molecule has 0 aromatic heterocycles. The first-order valence-electron chi connectivity index (χ1n) is 2.37. The van der Waals surface area contributed by atoms with Crippen molar-refractivity contribution in [3.05, 3.63) is 0 Å². The summed E-state index contributed by atoms with van der Waals surface area (Å²) < 4.78 is 12.5. The lowest BCUT2D eigenvalue weighted by Gasteiger charge is -2.12. The molecule has 0 amide bonds. The van der Waals surface area contributed by atoms with Crippen molar-refractivity contribution >= 4 is 15.9 Å². The van der Waals surface area contributed by atoms with Crippen molar-refractivity contribution in [3.63, 3.8) is 0 Å². The predicted octanol–water partition coefficient (Wildman–Crippen LogP) is 2.52. The number of alkyl halides is 2. The summed E-state index contributed by atoms with van der Waals surface area (Å²) in [5, 5.41) is 0.441. The summed E-state index contributed by atoms with van der Waals surface area (Å²) in [5.41, 5.74) is -1.00. The van der Waals surface area contributed by atoms with E-state index in [0.717, 1.165) is 0 Å². The van der Waals surface area contributed by atoms with Crippen LogP contribution in [0.15, 0.2) is 0 Å². The van der Waals surface area contributed by atoms with Crippen LogP contribution < -0.4 is 0 Å². The smallest absolute Gasteiger partial charge is 0.117 e. The second kappa shape index (κ2) is 2.65. The van der Waals surface area contributed by atoms with E-state index in [1.54, 1.807) is 6.92 Å². The van der Waals surface area contributed by atoms with Gasteiger partial charge in [-0.05, 0) is 13.3 Å². The maximum atomic E-state index is 12.5. The Balaban J connectivity index is 3.36. The molecule has 0 nitrogen and oxygen atoms in total. The molecule has 0 aliphatic rings. The van der Waals surface area contributed by atoms with Gasteiger partial charge in [0.1, 0.15) is 5.67 Å². The van der Waals surface area contributed by atoms with Crippen molar-refractivity contribution in [2.75, 3.05) is 5.33 Å². The van der Waals surface area contributed by atoms with Crippen molar-refractivity contribution in [2.24, 2.45) is 0 Å². The molecule has 0 aliphatic heterocycles. The Labute approximate surface area is 52.2 Å². The van der Waals surface area contributed by atoms with Crippen molar-refractivity contribution in [1.29, 1.82) is 0 Å². The number of halogens is 2. The highest BCUT2D eigenvalue weighted by atomic mass is 79.9. The Kier molecular flexibility index (Phi) is 2.81. The second-order valence-electron chi connectivity index (χ2n) is 1.90. The standard InChI is InChI=1S/C5H10BrF/c1-3-5(2,7)4-6/h3-4H2,1-2H3/t5-/m0/s1. The van der Waals surface area contributed by atoms with Crippen LogP contribution in [-0.4, -0.2) is 11.0 Å². The number of hydrogen-bond acceptors (Lipinski definition) is 0. The maximum absolute atomic E-state index is 12.5. The molecule has 0 spiro atoms. The average molecular weight is 169 g/mol. The van der Waals surface area contributed by atoms with E-state index in [1.165, 1.54) is 0 Å². The fourth-order valence-electron chi connectivity index (χ4n) is 0.0945. The van der Waals surface area contributed by atoms with Crippen molar-refractivity contribution in [1.82, 2.24) is 0 Å². The summed E-state index contributed by atoms with van der Waals surface area (Å²) in [4.78, 5) is 0. The topological polar surface area (TPSA) is 0 Å². The monoisotopic (exact) mass is 168 g/mol. The van der Waals surface area contributed by atoms with E-state index < -0.39 is 5.67 Å². The summed E-state index contributed by atoms with van der Waals surface area (Å²) >= 11 is 3.06. The van der Waals surface area contributed by atoms with Crippen LogP contribution in [-0.2, 0) is 0 Å². The van der Waals surface area contributed by atoms with E-state index in [0.29, 0.717) is 11.8 Å². The number of hydrogen-bond donors (Lipinski definition) is 0. The van der Waals surface area contributed by atoms with Gasteiger partial charge in [-0.3, -0.25) is 0 Å². The molecule has 0 bridgehead atoms. The Morgan fingerprint density at radius 3 is 2.14 bits per heavy atom. The molecule has 0 unspecified atom stereocenters. The van der Waals surface area contributed by atoms with Crippen LogP contribution in [0.2, 0.25) is 0 Å². The van der Waals surface area contributed by atoms with Gasteiger partial charge in [0.25, 0.3) is 0 Å². The highest BCUT2D eigenvalue weighted by molar-refractivity contribution is 9.09. The minimum Gasteiger partial charge on any atom is -0.243 e.